The van der Waals surface area contributed by atoms with Crippen LogP contribution in [0.1, 0.15) is 52.7 Å². The van der Waals surface area contributed by atoms with E-state index >= 15 is 0 Å². The van der Waals surface area contributed by atoms with Gasteiger partial charge >= 0.3 is 0 Å². The highest BCUT2D eigenvalue weighted by Crippen LogP contribution is 2.34. The average molecular weight is 328 g/mol. The molecule has 1 N–H and O–H groups in total. The minimum atomic E-state index is -2.63. The lowest BCUT2D eigenvalue weighted by Gasteiger charge is -2.31. The number of hydrogen-bond donors (Lipinski definition) is 1. The summed E-state index contributed by atoms with van der Waals surface area (Å²) in [6.07, 6.45) is 1.11. The van der Waals surface area contributed by atoms with Gasteiger partial charge in [0.25, 0.3) is 5.92 Å². The van der Waals surface area contributed by atoms with Crippen molar-refractivity contribution in [3.05, 3.63) is 17.8 Å². The van der Waals surface area contributed by atoms with Crippen molar-refractivity contribution in [3.63, 3.8) is 0 Å². The number of rotatable bonds is 5. The van der Waals surface area contributed by atoms with Crippen LogP contribution in [0.5, 0.6) is 0 Å². The smallest absolute Gasteiger partial charge is 0.264 e. The number of hydrogen-bond acceptors (Lipinski definition) is 4. The summed E-state index contributed by atoms with van der Waals surface area (Å²) in [4.78, 5) is 1.95. The van der Waals surface area contributed by atoms with E-state index in [1.165, 1.54) is 0 Å². The molecule has 23 heavy (non-hydrogen) atoms. The van der Waals surface area contributed by atoms with Crippen LogP contribution in [0.2, 0.25) is 0 Å². The zero-order valence-corrected chi connectivity index (χ0v) is 15.1. The maximum atomic E-state index is 14.0. The number of aryl methyl sites for hydroxylation is 1. The molecular weight excluding hydrogens is 298 g/mol. The molecule has 1 aliphatic rings. The van der Waals surface area contributed by atoms with Crippen LogP contribution in [0.25, 0.3) is 0 Å². The highest BCUT2D eigenvalue weighted by molar-refractivity contribution is 5.37. The van der Waals surface area contributed by atoms with E-state index in [0.29, 0.717) is 6.42 Å². The van der Waals surface area contributed by atoms with Gasteiger partial charge in [-0.05, 0) is 38.8 Å². The number of halogens is 2. The Morgan fingerprint density at radius 3 is 2.43 bits per heavy atom. The second kappa shape index (κ2) is 8.52. The Morgan fingerprint density at radius 1 is 1.35 bits per heavy atom. The zero-order valence-electron chi connectivity index (χ0n) is 15.1. The van der Waals surface area contributed by atoms with E-state index in [-0.39, 0.29) is 18.5 Å². The summed E-state index contributed by atoms with van der Waals surface area (Å²) >= 11 is 0. The van der Waals surface area contributed by atoms with Gasteiger partial charge in [-0.2, -0.15) is 5.10 Å². The molecule has 6 heteroatoms. The maximum absolute atomic E-state index is 14.0. The van der Waals surface area contributed by atoms with E-state index in [4.69, 9.17) is 0 Å². The van der Waals surface area contributed by atoms with Gasteiger partial charge in [-0.3, -0.25) is 0 Å². The molecule has 132 valence electrons. The van der Waals surface area contributed by atoms with Crippen molar-refractivity contribution in [2.24, 2.45) is 0 Å². The summed E-state index contributed by atoms with van der Waals surface area (Å²) < 4.78 is 27.9. The molecule has 3 atom stereocenters. The van der Waals surface area contributed by atoms with Crippen LogP contribution in [-0.4, -0.2) is 41.3 Å². The molecule has 2 rings (SSSR count). The van der Waals surface area contributed by atoms with Gasteiger partial charge in [0.05, 0.1) is 11.7 Å². The van der Waals surface area contributed by atoms with Gasteiger partial charge < -0.3 is 10.2 Å². The van der Waals surface area contributed by atoms with Crippen molar-refractivity contribution < 1.29 is 8.78 Å². The summed E-state index contributed by atoms with van der Waals surface area (Å²) in [5, 5.41) is 11.2. The predicted molar refractivity (Wildman–Crippen MR) is 91.2 cm³/mol. The summed E-state index contributed by atoms with van der Waals surface area (Å²) in [5.41, 5.74) is 0.845. The fourth-order valence-corrected chi connectivity index (χ4v) is 2.95. The molecule has 0 amide bonds. The average Bonchev–Trinajstić information content (AvgIpc) is 2.78. The first-order chi connectivity index (χ1) is 10.8. The lowest BCUT2D eigenvalue weighted by atomic mass is 9.99. The van der Waals surface area contributed by atoms with Crippen molar-refractivity contribution in [2.45, 2.75) is 77.9 Å². The number of aromatic nitrogens is 2. The Kier molecular flexibility index (Phi) is 7.32. The molecule has 3 unspecified atom stereocenters. The summed E-state index contributed by atoms with van der Waals surface area (Å²) in [6, 6.07) is 2.88. The predicted octanol–water partition coefficient (Wildman–Crippen LogP) is 3.80. The number of anilines is 1. The van der Waals surface area contributed by atoms with E-state index in [9.17, 15) is 8.78 Å². The lowest BCUT2D eigenvalue weighted by Crippen LogP contribution is -2.44. The van der Waals surface area contributed by atoms with Gasteiger partial charge in [-0.1, -0.05) is 20.8 Å². The molecule has 1 aromatic heterocycles. The number of nitrogens with zero attached hydrogens (tertiary/aromatic N) is 3. The molecule has 1 fully saturated rings. The minimum Gasteiger partial charge on any atom is -0.355 e. The number of nitrogens with one attached hydrogen (secondary N) is 1. The fourth-order valence-electron chi connectivity index (χ4n) is 2.95. The van der Waals surface area contributed by atoms with Crippen LogP contribution >= 0.6 is 0 Å². The number of alkyl halides is 2. The quantitative estimate of drug-likeness (QED) is 0.892. The highest BCUT2D eigenvalue weighted by Gasteiger charge is 2.47. The third-order valence-corrected chi connectivity index (χ3v) is 4.25. The van der Waals surface area contributed by atoms with Crippen LogP contribution in [0.4, 0.5) is 14.6 Å². The first-order valence-electron chi connectivity index (χ1n) is 8.50. The van der Waals surface area contributed by atoms with Crippen molar-refractivity contribution in [3.8, 4) is 0 Å². The van der Waals surface area contributed by atoms with Crippen molar-refractivity contribution in [2.75, 3.05) is 11.9 Å². The normalized spacial score (nSPS) is 23.8. The SMILES string of the molecule is CC.CCC(CC1NC(C)CC1(F)F)N(C)c1ccc(C)nn1. The van der Waals surface area contributed by atoms with Gasteiger partial charge in [0.1, 0.15) is 0 Å². The first-order valence-corrected chi connectivity index (χ1v) is 8.50. The van der Waals surface area contributed by atoms with Gasteiger partial charge in [-0.25, -0.2) is 8.78 Å². The van der Waals surface area contributed by atoms with Gasteiger partial charge in [0.15, 0.2) is 5.82 Å². The second-order valence-electron chi connectivity index (χ2n) is 6.03. The molecule has 0 bridgehead atoms. The summed E-state index contributed by atoms with van der Waals surface area (Å²) in [5.74, 6) is -1.91. The van der Waals surface area contributed by atoms with E-state index in [2.05, 4.69) is 15.5 Å². The lowest BCUT2D eigenvalue weighted by molar-refractivity contribution is -0.0160. The molecule has 0 spiro atoms. The van der Waals surface area contributed by atoms with E-state index in [1.807, 2.05) is 58.7 Å². The van der Waals surface area contributed by atoms with Crippen molar-refractivity contribution >= 4 is 5.82 Å². The Bertz CT molecular complexity index is 464. The first kappa shape index (κ1) is 19.7. The standard InChI is InChI=1S/C15H24F2N4.C2H6/c1-5-12(8-13-15(16,17)9-11(3)18-13)21(4)14-7-6-10(2)19-20-14;1-2/h6-7,11-13,18H,5,8-9H2,1-4H3;1-2H3. The third kappa shape index (κ3) is 5.09. The van der Waals surface area contributed by atoms with Crippen LogP contribution in [0.15, 0.2) is 12.1 Å². The zero-order chi connectivity index (χ0) is 17.6. The Morgan fingerprint density at radius 2 is 2.00 bits per heavy atom. The van der Waals surface area contributed by atoms with Gasteiger partial charge in [-0.15, -0.1) is 5.10 Å². The Labute approximate surface area is 138 Å². The molecule has 1 aromatic rings. The van der Waals surface area contributed by atoms with Crippen LogP contribution < -0.4 is 10.2 Å². The van der Waals surface area contributed by atoms with Gasteiger partial charge in [0, 0.05) is 25.6 Å². The fraction of sp³-hybridized carbons (Fsp3) is 0.765. The molecule has 1 saturated heterocycles. The second-order valence-corrected chi connectivity index (χ2v) is 6.03. The summed E-state index contributed by atoms with van der Waals surface area (Å²) in [7, 11) is 1.89. The molecule has 0 radical (unpaired) electrons. The monoisotopic (exact) mass is 328 g/mol. The highest BCUT2D eigenvalue weighted by atomic mass is 19.3. The van der Waals surface area contributed by atoms with E-state index in [0.717, 1.165) is 17.9 Å². The Hall–Kier alpha value is -1.30. The topological polar surface area (TPSA) is 41.0 Å². The van der Waals surface area contributed by atoms with Crippen LogP contribution in [0, 0.1) is 6.92 Å². The molecule has 2 heterocycles. The van der Waals surface area contributed by atoms with Crippen molar-refractivity contribution in [1.29, 1.82) is 0 Å². The molecule has 0 aliphatic carbocycles. The molecular formula is C17H30F2N4. The largest absolute Gasteiger partial charge is 0.355 e. The maximum Gasteiger partial charge on any atom is 0.264 e. The molecule has 0 aromatic carbocycles. The van der Waals surface area contributed by atoms with Crippen LogP contribution in [0.3, 0.4) is 0 Å². The van der Waals surface area contributed by atoms with E-state index in [1.54, 1.807) is 0 Å². The van der Waals surface area contributed by atoms with Crippen molar-refractivity contribution in [1.82, 2.24) is 15.5 Å². The van der Waals surface area contributed by atoms with Crippen LogP contribution in [-0.2, 0) is 0 Å². The molecule has 1 aliphatic heterocycles. The van der Waals surface area contributed by atoms with E-state index < -0.39 is 12.0 Å². The Balaban J connectivity index is 0.00000127. The van der Waals surface area contributed by atoms with Gasteiger partial charge in [0.2, 0.25) is 0 Å². The third-order valence-electron chi connectivity index (χ3n) is 4.25. The molecule has 0 saturated carbocycles. The molecule has 4 nitrogen and oxygen atoms in total. The minimum absolute atomic E-state index is 0.00989. The summed E-state index contributed by atoms with van der Waals surface area (Å²) in [6.45, 7) is 9.70.